The molecule has 0 unspecified atom stereocenters. The third kappa shape index (κ3) is 5.12. The van der Waals surface area contributed by atoms with E-state index < -0.39 is 17.5 Å². The van der Waals surface area contributed by atoms with Gasteiger partial charge in [-0.15, -0.1) is 0 Å². The minimum Gasteiger partial charge on any atom is -0.391 e. The van der Waals surface area contributed by atoms with Gasteiger partial charge in [-0.05, 0) is 43.2 Å². The average Bonchev–Trinajstić information content (AvgIpc) is 3.01. The molecule has 0 aliphatic carbocycles. The van der Waals surface area contributed by atoms with E-state index >= 15 is 0 Å². The van der Waals surface area contributed by atoms with Gasteiger partial charge in [-0.3, -0.25) is 19.3 Å². The molecular weight excluding hydrogens is 429 g/mol. The van der Waals surface area contributed by atoms with Crippen LogP contribution < -0.4 is 5.56 Å². The minimum atomic E-state index is -0.576. The van der Waals surface area contributed by atoms with Crippen LogP contribution >= 0.6 is 0 Å². The summed E-state index contributed by atoms with van der Waals surface area (Å²) in [6.45, 7) is 5.05. The van der Waals surface area contributed by atoms with Crippen LogP contribution in [0.25, 0.3) is 5.69 Å². The molecule has 0 bridgehead atoms. The Morgan fingerprint density at radius 1 is 0.939 bits per heavy atom. The number of carbonyl (C=O) groups excluding carboxylic acids is 2. The van der Waals surface area contributed by atoms with Crippen molar-refractivity contribution in [2.75, 3.05) is 39.3 Å². The Balaban J connectivity index is 1.45. The number of aliphatic hydroxyl groups excluding tert-OH is 1. The van der Waals surface area contributed by atoms with E-state index in [9.17, 15) is 23.9 Å². The minimum absolute atomic E-state index is 0.0577. The number of hydrogen-bond acceptors (Lipinski definition) is 6. The van der Waals surface area contributed by atoms with Gasteiger partial charge in [0, 0.05) is 58.3 Å². The number of amides is 2. The van der Waals surface area contributed by atoms with Crippen molar-refractivity contribution in [2.45, 2.75) is 31.9 Å². The first-order valence-electron chi connectivity index (χ1n) is 11.2. The highest BCUT2D eigenvalue weighted by atomic mass is 19.1. The zero-order chi connectivity index (χ0) is 23.5. The molecule has 33 heavy (non-hydrogen) atoms. The third-order valence-corrected chi connectivity index (χ3v) is 6.44. The van der Waals surface area contributed by atoms with Gasteiger partial charge in [0.1, 0.15) is 11.5 Å². The van der Waals surface area contributed by atoms with Crippen LogP contribution in [-0.2, 0) is 4.79 Å². The van der Waals surface area contributed by atoms with Gasteiger partial charge in [0.2, 0.25) is 5.91 Å². The normalized spacial score (nSPS) is 22.2. The summed E-state index contributed by atoms with van der Waals surface area (Å²) in [5.74, 6) is -0.693. The van der Waals surface area contributed by atoms with Crippen LogP contribution in [-0.4, -0.2) is 92.8 Å². The molecule has 0 radical (unpaired) electrons. The van der Waals surface area contributed by atoms with Gasteiger partial charge < -0.3 is 14.9 Å². The molecule has 2 fully saturated rings. The Hall–Kier alpha value is -3.11. The van der Waals surface area contributed by atoms with E-state index in [1.807, 2.05) is 0 Å². The lowest BCUT2D eigenvalue weighted by Crippen LogP contribution is -2.54. The quantitative estimate of drug-likeness (QED) is 0.721. The Bertz CT molecular complexity index is 1070. The van der Waals surface area contributed by atoms with Crippen molar-refractivity contribution in [2.24, 2.45) is 0 Å². The number of benzene rings is 1. The fourth-order valence-corrected chi connectivity index (χ4v) is 4.52. The largest absolute Gasteiger partial charge is 0.391 e. The monoisotopic (exact) mass is 457 g/mol. The predicted molar refractivity (Wildman–Crippen MR) is 119 cm³/mol. The molecule has 10 heteroatoms. The van der Waals surface area contributed by atoms with Crippen LogP contribution in [0.2, 0.25) is 0 Å². The van der Waals surface area contributed by atoms with Crippen molar-refractivity contribution < 1.29 is 19.1 Å². The van der Waals surface area contributed by atoms with Crippen LogP contribution in [0, 0.1) is 5.82 Å². The zero-order valence-electron chi connectivity index (χ0n) is 18.6. The Kier molecular flexibility index (Phi) is 6.85. The molecular formula is C23H28FN5O4. The molecule has 4 rings (SSSR count). The van der Waals surface area contributed by atoms with Crippen LogP contribution in [0.1, 0.15) is 30.3 Å². The summed E-state index contributed by atoms with van der Waals surface area (Å²) in [7, 11) is 0. The van der Waals surface area contributed by atoms with Crippen molar-refractivity contribution in [3.63, 3.8) is 0 Å². The van der Waals surface area contributed by atoms with Gasteiger partial charge in [-0.25, -0.2) is 4.39 Å². The highest BCUT2D eigenvalue weighted by molar-refractivity contribution is 5.92. The molecule has 3 heterocycles. The van der Waals surface area contributed by atoms with Gasteiger partial charge in [-0.2, -0.15) is 9.78 Å². The smallest absolute Gasteiger partial charge is 0.274 e. The molecule has 0 spiro atoms. The van der Waals surface area contributed by atoms with Gasteiger partial charge in [0.05, 0.1) is 11.8 Å². The van der Waals surface area contributed by atoms with E-state index in [1.165, 1.54) is 36.4 Å². The second-order valence-corrected chi connectivity index (χ2v) is 8.49. The molecule has 176 valence electrons. The van der Waals surface area contributed by atoms with Gasteiger partial charge >= 0.3 is 0 Å². The van der Waals surface area contributed by atoms with Gasteiger partial charge in [0.15, 0.2) is 0 Å². The van der Waals surface area contributed by atoms with Crippen molar-refractivity contribution in [3.05, 3.63) is 58.3 Å². The summed E-state index contributed by atoms with van der Waals surface area (Å²) in [5.41, 5.74) is 0.0586. The van der Waals surface area contributed by atoms with E-state index in [1.54, 1.807) is 16.7 Å². The van der Waals surface area contributed by atoms with Crippen LogP contribution in [0.4, 0.5) is 4.39 Å². The number of carbonyl (C=O) groups is 2. The Labute approximate surface area is 191 Å². The third-order valence-electron chi connectivity index (χ3n) is 6.44. The molecule has 2 saturated heterocycles. The molecule has 2 aliphatic rings. The van der Waals surface area contributed by atoms with E-state index in [0.717, 1.165) is 4.68 Å². The predicted octanol–water partition coefficient (Wildman–Crippen LogP) is 0.501. The van der Waals surface area contributed by atoms with E-state index in [4.69, 9.17) is 0 Å². The molecule has 2 aromatic rings. The second-order valence-electron chi connectivity index (χ2n) is 8.49. The lowest BCUT2D eigenvalue weighted by molar-refractivity contribution is -0.131. The fourth-order valence-electron chi connectivity index (χ4n) is 4.52. The zero-order valence-corrected chi connectivity index (χ0v) is 18.6. The summed E-state index contributed by atoms with van der Waals surface area (Å²) >= 11 is 0. The van der Waals surface area contributed by atoms with Crippen molar-refractivity contribution >= 4 is 11.8 Å². The Morgan fingerprint density at radius 3 is 2.27 bits per heavy atom. The van der Waals surface area contributed by atoms with Gasteiger partial charge in [0.25, 0.3) is 11.5 Å². The molecule has 1 aromatic carbocycles. The number of rotatable bonds is 3. The number of halogens is 1. The maximum atomic E-state index is 13.2. The van der Waals surface area contributed by atoms with Crippen LogP contribution in [0.15, 0.2) is 41.2 Å². The first kappa shape index (κ1) is 23.1. The Morgan fingerprint density at radius 2 is 1.61 bits per heavy atom. The molecule has 1 aromatic heterocycles. The first-order valence-corrected chi connectivity index (χ1v) is 11.2. The summed E-state index contributed by atoms with van der Waals surface area (Å²) in [6.07, 6.45) is 0.457. The number of aromatic nitrogens is 2. The summed E-state index contributed by atoms with van der Waals surface area (Å²) in [6, 6.07) is 7.89. The molecule has 2 aliphatic heterocycles. The SMILES string of the molecule is CC(=O)N1CCN([C@H]2CCN(C(=O)c3ccc(=O)n(-c4ccc(F)cc4)n3)CC[C@@H]2O)CC1. The van der Waals surface area contributed by atoms with Crippen molar-refractivity contribution in [3.8, 4) is 5.69 Å². The number of nitrogens with zero attached hydrogens (tertiary/aromatic N) is 5. The maximum absolute atomic E-state index is 13.2. The van der Waals surface area contributed by atoms with E-state index in [0.29, 0.717) is 57.8 Å². The number of likely N-dealkylation sites (tertiary alicyclic amines) is 1. The first-order chi connectivity index (χ1) is 15.8. The summed E-state index contributed by atoms with van der Waals surface area (Å²) in [4.78, 5) is 42.6. The molecule has 9 nitrogen and oxygen atoms in total. The van der Waals surface area contributed by atoms with Crippen molar-refractivity contribution in [1.29, 1.82) is 0 Å². The number of hydrogen-bond donors (Lipinski definition) is 1. The average molecular weight is 458 g/mol. The lowest BCUT2D eigenvalue weighted by atomic mass is 10.0. The number of piperazine rings is 1. The molecule has 2 atom stereocenters. The van der Waals surface area contributed by atoms with Crippen molar-refractivity contribution in [1.82, 2.24) is 24.5 Å². The van der Waals surface area contributed by atoms with Gasteiger partial charge in [-0.1, -0.05) is 0 Å². The van der Waals surface area contributed by atoms with E-state index in [2.05, 4.69) is 10.00 Å². The summed E-state index contributed by atoms with van der Waals surface area (Å²) < 4.78 is 14.3. The van der Waals surface area contributed by atoms with E-state index in [-0.39, 0.29) is 23.6 Å². The topological polar surface area (TPSA) is 99.0 Å². The van der Waals surface area contributed by atoms with Crippen LogP contribution in [0.5, 0.6) is 0 Å². The highest BCUT2D eigenvalue weighted by Gasteiger charge is 2.33. The fraction of sp³-hybridized carbons (Fsp3) is 0.478. The van der Waals surface area contributed by atoms with Crippen LogP contribution in [0.3, 0.4) is 0 Å². The molecule has 0 saturated carbocycles. The molecule has 2 amide bonds. The number of aliphatic hydroxyl groups is 1. The lowest BCUT2D eigenvalue weighted by Gasteiger charge is -2.40. The summed E-state index contributed by atoms with van der Waals surface area (Å²) in [5, 5.41) is 15.0. The second kappa shape index (κ2) is 9.80. The maximum Gasteiger partial charge on any atom is 0.274 e. The highest BCUT2D eigenvalue weighted by Crippen LogP contribution is 2.20. The molecule has 1 N–H and O–H groups in total. The standard InChI is InChI=1S/C23H28FN5O4/c1-16(30)26-12-14-27(15-13-26)20-8-10-28(11-9-21(20)31)23(33)19-6-7-22(32)29(25-19)18-4-2-17(24)3-5-18/h2-7,20-21,31H,8-15H2,1H3/t20-,21-/m0/s1.